The van der Waals surface area contributed by atoms with Crippen LogP contribution in [0.4, 0.5) is 0 Å². The molecule has 0 saturated heterocycles. The SMILES string of the molecule is Cc1ccc(C2(c3ccc4ccc5cc(C(C)(C)C)cc6ccc3c4c56)CCCCC2)cc1. The van der Waals surface area contributed by atoms with E-state index in [1.807, 2.05) is 0 Å². The molecule has 0 unspecified atom stereocenters. The van der Waals surface area contributed by atoms with Gasteiger partial charge < -0.3 is 0 Å². The largest absolute Gasteiger partial charge is 0.0590 e. The predicted octanol–water partition coefficient (Wildman–Crippen LogP) is 9.44. The highest BCUT2D eigenvalue weighted by atomic mass is 14.4. The highest BCUT2D eigenvalue weighted by molar-refractivity contribution is 6.24. The van der Waals surface area contributed by atoms with E-state index < -0.39 is 0 Å². The second-order valence-electron chi connectivity index (χ2n) is 11.4. The maximum Gasteiger partial charge on any atom is 0.0209 e. The van der Waals surface area contributed by atoms with Crippen LogP contribution in [0.15, 0.2) is 72.8 Å². The average molecular weight is 431 g/mol. The van der Waals surface area contributed by atoms with Crippen molar-refractivity contribution < 1.29 is 0 Å². The van der Waals surface area contributed by atoms with Gasteiger partial charge in [0.1, 0.15) is 0 Å². The van der Waals surface area contributed by atoms with Gasteiger partial charge in [0.15, 0.2) is 0 Å². The van der Waals surface area contributed by atoms with Gasteiger partial charge in [-0.2, -0.15) is 0 Å². The zero-order valence-electron chi connectivity index (χ0n) is 20.5. The Hall–Kier alpha value is -2.86. The van der Waals surface area contributed by atoms with E-state index in [1.165, 1.54) is 86.7 Å². The molecule has 166 valence electrons. The molecule has 0 N–H and O–H groups in total. The van der Waals surface area contributed by atoms with Crippen LogP contribution in [0.1, 0.15) is 75.1 Å². The normalized spacial score (nSPS) is 16.7. The van der Waals surface area contributed by atoms with Crippen LogP contribution < -0.4 is 0 Å². The van der Waals surface area contributed by atoms with E-state index in [2.05, 4.69) is 100 Å². The van der Waals surface area contributed by atoms with E-state index in [-0.39, 0.29) is 10.8 Å². The van der Waals surface area contributed by atoms with Gasteiger partial charge in [0, 0.05) is 5.41 Å². The van der Waals surface area contributed by atoms with Crippen LogP contribution in [0.5, 0.6) is 0 Å². The molecular formula is C33H34. The van der Waals surface area contributed by atoms with Gasteiger partial charge in [0.2, 0.25) is 0 Å². The summed E-state index contributed by atoms with van der Waals surface area (Å²) in [6.07, 6.45) is 6.47. The first-order chi connectivity index (χ1) is 15.9. The fraction of sp³-hybridized carbons (Fsp3) is 0.333. The Labute approximate surface area is 198 Å². The van der Waals surface area contributed by atoms with Crippen LogP contribution in [-0.4, -0.2) is 0 Å². The molecule has 0 heterocycles. The zero-order valence-corrected chi connectivity index (χ0v) is 20.5. The Morgan fingerprint density at radius 2 is 1.24 bits per heavy atom. The van der Waals surface area contributed by atoms with E-state index in [4.69, 9.17) is 0 Å². The van der Waals surface area contributed by atoms with Gasteiger partial charge in [-0.15, -0.1) is 0 Å². The molecule has 0 aromatic heterocycles. The highest BCUT2D eigenvalue weighted by Gasteiger charge is 2.37. The van der Waals surface area contributed by atoms with E-state index in [1.54, 1.807) is 0 Å². The molecule has 5 aromatic rings. The topological polar surface area (TPSA) is 0 Å². The van der Waals surface area contributed by atoms with Crippen LogP contribution >= 0.6 is 0 Å². The molecule has 0 amide bonds. The van der Waals surface area contributed by atoms with Crippen LogP contribution in [0.3, 0.4) is 0 Å². The van der Waals surface area contributed by atoms with E-state index in [0.29, 0.717) is 0 Å². The standard InChI is InChI=1S/C33H34/c1-22-8-14-26(15-9-22)33(18-6-5-7-19-33)29-17-13-23-10-11-24-20-27(32(2,3)4)21-25-12-16-28(29)31(23)30(24)25/h8-17,20-21H,5-7,18-19H2,1-4H3. The van der Waals surface area contributed by atoms with Crippen molar-refractivity contribution >= 4 is 32.3 Å². The third-order valence-electron chi connectivity index (χ3n) is 8.29. The number of benzene rings is 5. The Morgan fingerprint density at radius 1 is 0.636 bits per heavy atom. The monoisotopic (exact) mass is 430 g/mol. The first-order valence-electron chi connectivity index (χ1n) is 12.7. The number of rotatable bonds is 2. The van der Waals surface area contributed by atoms with Crippen molar-refractivity contribution in [3.63, 3.8) is 0 Å². The van der Waals surface area contributed by atoms with Gasteiger partial charge in [-0.1, -0.05) is 118 Å². The minimum absolute atomic E-state index is 0.116. The maximum absolute atomic E-state index is 2.45. The molecule has 1 saturated carbocycles. The highest BCUT2D eigenvalue weighted by Crippen LogP contribution is 2.49. The summed E-state index contributed by atoms with van der Waals surface area (Å²) < 4.78 is 0. The van der Waals surface area contributed by atoms with Crippen molar-refractivity contribution in [3.8, 4) is 0 Å². The molecule has 1 aliphatic rings. The predicted molar refractivity (Wildman–Crippen MR) is 144 cm³/mol. The van der Waals surface area contributed by atoms with E-state index >= 15 is 0 Å². The number of hydrogen-bond acceptors (Lipinski definition) is 0. The van der Waals surface area contributed by atoms with Crippen LogP contribution in [0.25, 0.3) is 32.3 Å². The van der Waals surface area contributed by atoms with Gasteiger partial charge >= 0.3 is 0 Å². The van der Waals surface area contributed by atoms with Gasteiger partial charge in [0.05, 0.1) is 0 Å². The van der Waals surface area contributed by atoms with Crippen molar-refractivity contribution in [2.75, 3.05) is 0 Å². The van der Waals surface area contributed by atoms with Crippen molar-refractivity contribution in [2.45, 2.75) is 70.6 Å². The molecule has 0 spiro atoms. The van der Waals surface area contributed by atoms with Crippen LogP contribution in [0.2, 0.25) is 0 Å². The second-order valence-corrected chi connectivity index (χ2v) is 11.4. The lowest BCUT2D eigenvalue weighted by molar-refractivity contribution is 0.348. The molecule has 0 bridgehead atoms. The molecule has 0 heteroatoms. The van der Waals surface area contributed by atoms with Gasteiger partial charge in [-0.3, -0.25) is 0 Å². The van der Waals surface area contributed by atoms with Crippen molar-refractivity contribution in [3.05, 3.63) is 95.1 Å². The lowest BCUT2D eigenvalue weighted by Crippen LogP contribution is -2.30. The van der Waals surface area contributed by atoms with Gasteiger partial charge in [0.25, 0.3) is 0 Å². The molecular weight excluding hydrogens is 396 g/mol. The zero-order chi connectivity index (χ0) is 22.8. The summed E-state index contributed by atoms with van der Waals surface area (Å²) in [7, 11) is 0. The first-order valence-corrected chi connectivity index (χ1v) is 12.7. The molecule has 33 heavy (non-hydrogen) atoms. The van der Waals surface area contributed by atoms with E-state index in [0.717, 1.165) is 0 Å². The minimum Gasteiger partial charge on any atom is -0.0590 e. The summed E-state index contributed by atoms with van der Waals surface area (Å²) in [4.78, 5) is 0. The second kappa shape index (κ2) is 7.32. The quantitative estimate of drug-likeness (QED) is 0.245. The Kier molecular flexibility index (Phi) is 4.60. The van der Waals surface area contributed by atoms with Gasteiger partial charge in [-0.05, 0) is 74.2 Å². The summed E-state index contributed by atoms with van der Waals surface area (Å²) in [5.41, 5.74) is 6.05. The van der Waals surface area contributed by atoms with Crippen molar-refractivity contribution in [1.82, 2.24) is 0 Å². The summed E-state index contributed by atoms with van der Waals surface area (Å²) in [5.74, 6) is 0. The molecule has 0 radical (unpaired) electrons. The Balaban J connectivity index is 1.67. The minimum atomic E-state index is 0.116. The van der Waals surface area contributed by atoms with Crippen molar-refractivity contribution in [2.24, 2.45) is 0 Å². The molecule has 0 nitrogen and oxygen atoms in total. The Bertz CT molecular complexity index is 1440. The molecule has 6 rings (SSSR count). The molecule has 5 aromatic carbocycles. The molecule has 0 aliphatic heterocycles. The summed E-state index contributed by atoms with van der Waals surface area (Å²) in [6.45, 7) is 9.13. The Morgan fingerprint density at radius 3 is 1.91 bits per heavy atom. The molecule has 1 aliphatic carbocycles. The fourth-order valence-electron chi connectivity index (χ4n) is 6.41. The summed E-state index contributed by atoms with van der Waals surface area (Å²) >= 11 is 0. The number of hydrogen-bond donors (Lipinski definition) is 0. The molecule has 1 fully saturated rings. The lowest BCUT2D eigenvalue weighted by atomic mass is 9.64. The summed E-state index contributed by atoms with van der Waals surface area (Å²) in [6, 6.07) is 28.6. The maximum atomic E-state index is 2.45. The lowest BCUT2D eigenvalue weighted by Gasteiger charge is -2.40. The smallest absolute Gasteiger partial charge is 0.0209 e. The van der Waals surface area contributed by atoms with Crippen molar-refractivity contribution in [1.29, 1.82) is 0 Å². The van der Waals surface area contributed by atoms with Gasteiger partial charge in [-0.25, -0.2) is 0 Å². The third-order valence-corrected chi connectivity index (χ3v) is 8.29. The summed E-state index contributed by atoms with van der Waals surface area (Å²) in [5, 5.41) is 8.47. The van der Waals surface area contributed by atoms with E-state index in [9.17, 15) is 0 Å². The first kappa shape index (κ1) is 20.7. The third kappa shape index (κ3) is 3.18. The van der Waals surface area contributed by atoms with Crippen LogP contribution in [-0.2, 0) is 10.8 Å². The van der Waals surface area contributed by atoms with Crippen LogP contribution in [0, 0.1) is 6.92 Å². The molecule has 0 atom stereocenters. The fourth-order valence-corrected chi connectivity index (χ4v) is 6.41. The number of aryl methyl sites for hydroxylation is 1. The average Bonchev–Trinajstić information content (AvgIpc) is 2.82.